The van der Waals surface area contributed by atoms with Crippen LogP contribution in [0.2, 0.25) is 0 Å². The quantitative estimate of drug-likeness (QED) is 0.464. The molecule has 0 aromatic heterocycles. The van der Waals surface area contributed by atoms with Crippen LogP contribution in [0.5, 0.6) is 0 Å². The first-order valence-electron chi connectivity index (χ1n) is 3.64. The molecule has 0 bridgehead atoms. The van der Waals surface area contributed by atoms with Gasteiger partial charge in [0.25, 0.3) is 0 Å². The smallest absolute Gasteiger partial charge is 0.0160 e. The van der Waals surface area contributed by atoms with E-state index in [4.69, 9.17) is 0 Å². The summed E-state index contributed by atoms with van der Waals surface area (Å²) in [7, 11) is 0. The summed E-state index contributed by atoms with van der Waals surface area (Å²) in [6.07, 6.45) is 8.90. The Hall–Kier alpha value is -0.520. The van der Waals surface area contributed by atoms with Crippen molar-refractivity contribution in [3.05, 3.63) is 23.8 Å². The van der Waals surface area contributed by atoms with Gasteiger partial charge in [-0.05, 0) is 13.3 Å². The molecule has 9 heavy (non-hydrogen) atoms. The molecule has 0 saturated heterocycles. The molecule has 0 heterocycles. The number of rotatable bonds is 0. The summed E-state index contributed by atoms with van der Waals surface area (Å²) in [4.78, 5) is 0. The van der Waals surface area contributed by atoms with Gasteiger partial charge in [0.1, 0.15) is 0 Å². The highest BCUT2D eigenvalue weighted by Gasteiger charge is 1.84. The van der Waals surface area contributed by atoms with Crippen molar-refractivity contribution in [3.63, 3.8) is 0 Å². The molecule has 0 unspecified atom stereocenters. The predicted molar refractivity (Wildman–Crippen MR) is 43.5 cm³/mol. The van der Waals surface area contributed by atoms with Gasteiger partial charge in [0.05, 0.1) is 0 Å². The van der Waals surface area contributed by atoms with Crippen molar-refractivity contribution >= 4 is 0 Å². The van der Waals surface area contributed by atoms with Crippen LogP contribution in [0.4, 0.5) is 0 Å². The summed E-state index contributed by atoms with van der Waals surface area (Å²) in [5, 5.41) is 0. The van der Waals surface area contributed by atoms with Crippen molar-refractivity contribution in [1.29, 1.82) is 0 Å². The summed E-state index contributed by atoms with van der Waals surface area (Å²) < 4.78 is 0. The monoisotopic (exact) mass is 124 g/mol. The molecule has 52 valence electrons. The van der Waals surface area contributed by atoms with Crippen molar-refractivity contribution in [1.82, 2.24) is 0 Å². The standard InChI is InChI=1S/C6H8.C3H8/c1-6-4-2-3-5-6;1-3-2/h2,4-5H,3H2,1H3;3H2,1-2H3. The van der Waals surface area contributed by atoms with E-state index in [2.05, 4.69) is 39.0 Å². The lowest BCUT2D eigenvalue weighted by atomic mass is 10.3. The summed E-state index contributed by atoms with van der Waals surface area (Å²) in [6.45, 7) is 6.36. The van der Waals surface area contributed by atoms with Gasteiger partial charge >= 0.3 is 0 Å². The van der Waals surface area contributed by atoms with Crippen LogP contribution in [0, 0.1) is 0 Å². The van der Waals surface area contributed by atoms with Crippen LogP contribution in [0.3, 0.4) is 0 Å². The van der Waals surface area contributed by atoms with E-state index in [1.54, 1.807) is 0 Å². The zero-order valence-electron chi connectivity index (χ0n) is 6.65. The van der Waals surface area contributed by atoms with Gasteiger partial charge in [0.15, 0.2) is 0 Å². The van der Waals surface area contributed by atoms with Crippen LogP contribution in [0.15, 0.2) is 23.8 Å². The Kier molecular flexibility index (Phi) is 5.29. The van der Waals surface area contributed by atoms with E-state index < -0.39 is 0 Å². The van der Waals surface area contributed by atoms with Crippen molar-refractivity contribution in [2.45, 2.75) is 33.6 Å². The summed E-state index contributed by atoms with van der Waals surface area (Å²) in [5.74, 6) is 0. The van der Waals surface area contributed by atoms with Crippen LogP contribution in [-0.4, -0.2) is 0 Å². The van der Waals surface area contributed by atoms with Gasteiger partial charge in [-0.3, -0.25) is 0 Å². The first kappa shape index (κ1) is 8.48. The van der Waals surface area contributed by atoms with Gasteiger partial charge in [0, 0.05) is 0 Å². The fourth-order valence-electron chi connectivity index (χ4n) is 0.576. The Morgan fingerprint density at radius 1 is 1.44 bits per heavy atom. The second kappa shape index (κ2) is 5.61. The molecule has 0 aliphatic heterocycles. The van der Waals surface area contributed by atoms with Gasteiger partial charge in [-0.1, -0.05) is 44.1 Å². The second-order valence-electron chi connectivity index (χ2n) is 2.29. The topological polar surface area (TPSA) is 0 Å². The minimum atomic E-state index is 1.14. The number of allylic oxidation sites excluding steroid dienone is 4. The molecule has 1 aliphatic carbocycles. The molecule has 0 nitrogen and oxygen atoms in total. The number of hydrogen-bond acceptors (Lipinski definition) is 0. The van der Waals surface area contributed by atoms with Gasteiger partial charge in [0.2, 0.25) is 0 Å². The van der Waals surface area contributed by atoms with Gasteiger partial charge in [-0.25, -0.2) is 0 Å². The predicted octanol–water partition coefficient (Wildman–Crippen LogP) is 3.31. The normalized spacial score (nSPS) is 14.3. The highest BCUT2D eigenvalue weighted by molar-refractivity contribution is 5.23. The Labute approximate surface area is 58.3 Å². The highest BCUT2D eigenvalue weighted by Crippen LogP contribution is 2.05. The minimum absolute atomic E-state index is 1.14. The fourth-order valence-corrected chi connectivity index (χ4v) is 0.576. The average Bonchev–Trinajstić information content (AvgIpc) is 2.20. The van der Waals surface area contributed by atoms with E-state index in [1.807, 2.05) is 0 Å². The largest absolute Gasteiger partial charge is 0.0805 e. The molecule has 0 heteroatoms. The first-order chi connectivity index (χ1) is 4.31. The molecule has 0 atom stereocenters. The van der Waals surface area contributed by atoms with Crippen LogP contribution >= 0.6 is 0 Å². The molecule has 0 N–H and O–H groups in total. The van der Waals surface area contributed by atoms with Gasteiger partial charge in [-0.2, -0.15) is 0 Å². The fraction of sp³-hybridized carbons (Fsp3) is 0.556. The third-order valence-corrected chi connectivity index (χ3v) is 0.957. The Morgan fingerprint density at radius 2 is 2.00 bits per heavy atom. The molecule has 0 saturated carbocycles. The number of hydrogen-bond donors (Lipinski definition) is 0. The van der Waals surface area contributed by atoms with Crippen molar-refractivity contribution in [2.75, 3.05) is 0 Å². The van der Waals surface area contributed by atoms with Crippen molar-refractivity contribution < 1.29 is 0 Å². The van der Waals surface area contributed by atoms with Gasteiger partial charge in [-0.15, -0.1) is 0 Å². The SMILES string of the molecule is CC1=CCC=C1.CCC. The maximum Gasteiger partial charge on any atom is -0.0160 e. The van der Waals surface area contributed by atoms with E-state index >= 15 is 0 Å². The molecule has 0 aromatic rings. The Morgan fingerprint density at radius 3 is 2.11 bits per heavy atom. The maximum atomic E-state index is 2.21. The van der Waals surface area contributed by atoms with Gasteiger partial charge < -0.3 is 0 Å². The van der Waals surface area contributed by atoms with Crippen LogP contribution in [0.1, 0.15) is 33.6 Å². The molecule has 0 radical (unpaired) electrons. The third kappa shape index (κ3) is 5.35. The molecule has 0 aromatic carbocycles. The van der Waals surface area contributed by atoms with E-state index in [1.165, 1.54) is 12.0 Å². The van der Waals surface area contributed by atoms with E-state index in [0.717, 1.165) is 6.42 Å². The third-order valence-electron chi connectivity index (χ3n) is 0.957. The maximum absolute atomic E-state index is 2.21. The lowest BCUT2D eigenvalue weighted by Gasteiger charge is -1.72. The zero-order valence-corrected chi connectivity index (χ0v) is 6.65. The van der Waals surface area contributed by atoms with Crippen LogP contribution in [0.25, 0.3) is 0 Å². The minimum Gasteiger partial charge on any atom is -0.0805 e. The van der Waals surface area contributed by atoms with E-state index in [9.17, 15) is 0 Å². The summed E-state index contributed by atoms with van der Waals surface area (Å²) >= 11 is 0. The molecule has 1 rings (SSSR count). The van der Waals surface area contributed by atoms with Crippen molar-refractivity contribution in [2.24, 2.45) is 0 Å². The lowest BCUT2D eigenvalue weighted by Crippen LogP contribution is -1.51. The first-order valence-corrected chi connectivity index (χ1v) is 3.64. The lowest BCUT2D eigenvalue weighted by molar-refractivity contribution is 1.09. The molecule has 0 amide bonds. The molecule has 0 fully saturated rings. The van der Waals surface area contributed by atoms with E-state index in [0.29, 0.717) is 0 Å². The molecule has 0 spiro atoms. The Balaban J connectivity index is 0.000000187. The Bertz CT molecular complexity index is 104. The summed E-state index contributed by atoms with van der Waals surface area (Å²) in [5.41, 5.74) is 1.40. The molecular formula is C9H16. The summed E-state index contributed by atoms with van der Waals surface area (Å²) in [6, 6.07) is 0. The second-order valence-corrected chi connectivity index (χ2v) is 2.29. The molecular weight excluding hydrogens is 108 g/mol. The van der Waals surface area contributed by atoms with Crippen LogP contribution < -0.4 is 0 Å². The van der Waals surface area contributed by atoms with Crippen molar-refractivity contribution in [3.8, 4) is 0 Å². The average molecular weight is 124 g/mol. The van der Waals surface area contributed by atoms with E-state index in [-0.39, 0.29) is 0 Å². The highest BCUT2D eigenvalue weighted by atomic mass is 13.9. The zero-order chi connectivity index (χ0) is 7.11. The van der Waals surface area contributed by atoms with Crippen LogP contribution in [-0.2, 0) is 0 Å². The molecule has 1 aliphatic rings.